The van der Waals surface area contributed by atoms with E-state index in [1.54, 1.807) is 0 Å². The summed E-state index contributed by atoms with van der Waals surface area (Å²) in [7, 11) is 0. The van der Waals surface area contributed by atoms with Gasteiger partial charge in [-0.05, 0) is 12.1 Å². The molecule has 1 aromatic carbocycles. The van der Waals surface area contributed by atoms with Crippen molar-refractivity contribution in [1.82, 2.24) is 0 Å². The maximum Gasteiger partial charge on any atom is 0.157 e. The van der Waals surface area contributed by atoms with Gasteiger partial charge < -0.3 is 10.2 Å². The van der Waals surface area contributed by atoms with Gasteiger partial charge in [-0.25, -0.2) is 0 Å². The van der Waals surface area contributed by atoms with E-state index >= 15 is 0 Å². The molecule has 0 spiro atoms. The Balaban J connectivity index is 3.34. The van der Waals surface area contributed by atoms with Gasteiger partial charge in [-0.3, -0.25) is 0 Å². The predicted octanol–water partition coefficient (Wildman–Crippen LogP) is 1.10. The summed E-state index contributed by atoms with van der Waals surface area (Å²) in [5.74, 6) is -0.895. The molecule has 0 fully saturated rings. The molecule has 0 heterocycles. The minimum Gasteiger partial charge on any atom is -0.504 e. The number of rotatable bonds is 0. The number of hydrogen-bond acceptors (Lipinski definition) is 2. The molecule has 1 aromatic rings. The van der Waals surface area contributed by atoms with Crippen molar-refractivity contribution in [3.63, 3.8) is 0 Å². The van der Waals surface area contributed by atoms with Crippen LogP contribution in [0, 0.1) is 0 Å². The molecule has 0 aromatic heterocycles. The van der Waals surface area contributed by atoms with Crippen LogP contribution < -0.4 is 0 Å². The Morgan fingerprint density at radius 3 is 2.75 bits per heavy atom. The first-order valence-electron chi connectivity index (χ1n) is 3.11. The molecule has 2 N–H and O–H groups in total. The lowest BCUT2D eigenvalue weighted by Gasteiger charge is -1.91. The van der Waals surface area contributed by atoms with Crippen LogP contribution in [0.3, 0.4) is 0 Å². The van der Waals surface area contributed by atoms with Crippen molar-refractivity contribution in [2.24, 2.45) is 0 Å². The predicted molar refractivity (Wildman–Crippen MR) is 29.8 cm³/mol. The quantitative estimate of drug-likeness (QED) is 0.493. The molecule has 0 atom stereocenters. The fourth-order valence-electron chi connectivity index (χ4n) is 0.374. The normalized spacial score (nSPS) is 12.5. The lowest BCUT2D eigenvalue weighted by Crippen LogP contribution is -1.63. The zero-order valence-electron chi connectivity index (χ0n) is 6.05. The maximum absolute atomic E-state index is 8.83. The van der Waals surface area contributed by atoms with Crippen LogP contribution in [0.4, 0.5) is 0 Å². The van der Waals surface area contributed by atoms with Gasteiger partial charge in [0.15, 0.2) is 11.5 Å². The summed E-state index contributed by atoms with van der Waals surface area (Å²) in [6, 6.07) is 1.97. The zero-order valence-corrected chi connectivity index (χ0v) is 4.05. The average molecular weight is 112 g/mol. The first-order valence-corrected chi connectivity index (χ1v) is 2.11. The van der Waals surface area contributed by atoms with E-state index in [0.29, 0.717) is 0 Å². The Hall–Kier alpha value is -1.18. The molecule has 0 bridgehead atoms. The summed E-state index contributed by atoms with van der Waals surface area (Å²) in [4.78, 5) is 0. The second-order valence-electron chi connectivity index (χ2n) is 1.34. The lowest BCUT2D eigenvalue weighted by molar-refractivity contribution is 0.404. The first kappa shape index (κ1) is 2.97. The Morgan fingerprint density at radius 1 is 1.38 bits per heavy atom. The van der Waals surface area contributed by atoms with Gasteiger partial charge in [0.2, 0.25) is 0 Å². The number of hydrogen-bond donors (Lipinski definition) is 2. The molecule has 0 aliphatic rings. The Bertz CT molecular complexity index is 233. The zero-order chi connectivity index (χ0) is 7.72. The number of phenolic OH excluding ortho intramolecular Hbond substituents is 2. The van der Waals surface area contributed by atoms with E-state index in [1.807, 2.05) is 0 Å². The van der Waals surface area contributed by atoms with Crippen LogP contribution in [0.2, 0.25) is 0 Å². The van der Waals surface area contributed by atoms with Crippen molar-refractivity contribution in [2.75, 3.05) is 0 Å². The molecule has 0 radical (unpaired) electrons. The van der Waals surface area contributed by atoms with Gasteiger partial charge in [-0.2, -0.15) is 0 Å². The average Bonchev–Trinajstić information content (AvgIpc) is 1.93. The molecule has 2 nitrogen and oxygen atoms in total. The van der Waals surface area contributed by atoms with E-state index in [2.05, 4.69) is 0 Å². The van der Waals surface area contributed by atoms with Crippen molar-refractivity contribution in [2.45, 2.75) is 0 Å². The fourth-order valence-corrected chi connectivity index (χ4v) is 0.374. The molecule has 0 aliphatic carbocycles. The van der Waals surface area contributed by atoms with Crippen molar-refractivity contribution in [1.29, 1.82) is 0 Å². The van der Waals surface area contributed by atoms with Crippen LogP contribution in [-0.4, -0.2) is 10.2 Å². The van der Waals surface area contributed by atoms with Crippen LogP contribution in [0.25, 0.3) is 0 Å². The highest BCUT2D eigenvalue weighted by Crippen LogP contribution is 2.21. The van der Waals surface area contributed by atoms with Crippen LogP contribution in [0.15, 0.2) is 24.2 Å². The standard InChI is InChI=1S/C6H6O2/c7-5-3-1-2-4-6(5)8/h1-4,7-8H/i1D,3D. The molecule has 1 rings (SSSR count). The van der Waals surface area contributed by atoms with Gasteiger partial charge in [-0.15, -0.1) is 0 Å². The summed E-state index contributed by atoms with van der Waals surface area (Å²) in [6.07, 6.45) is 0. The second-order valence-corrected chi connectivity index (χ2v) is 1.34. The Morgan fingerprint density at radius 2 is 2.12 bits per heavy atom. The lowest BCUT2D eigenvalue weighted by atomic mass is 10.3. The minimum absolute atomic E-state index is 0.102. The van der Waals surface area contributed by atoms with Crippen LogP contribution in [0.5, 0.6) is 11.5 Å². The largest absolute Gasteiger partial charge is 0.504 e. The molecule has 0 aliphatic heterocycles. The van der Waals surface area contributed by atoms with Gasteiger partial charge in [0.25, 0.3) is 0 Å². The minimum atomic E-state index is -0.535. The summed E-state index contributed by atoms with van der Waals surface area (Å²) >= 11 is 0. The third-order valence-corrected chi connectivity index (χ3v) is 0.758. The van der Waals surface area contributed by atoms with Crippen molar-refractivity contribution < 1.29 is 13.0 Å². The van der Waals surface area contributed by atoms with Crippen LogP contribution in [0.1, 0.15) is 2.74 Å². The van der Waals surface area contributed by atoms with E-state index in [0.717, 1.165) is 0 Å². The number of benzene rings is 1. The Kier molecular flexibility index (Phi) is 0.645. The third kappa shape index (κ3) is 0.729. The van der Waals surface area contributed by atoms with Crippen LogP contribution >= 0.6 is 0 Å². The molecule has 0 unspecified atom stereocenters. The van der Waals surface area contributed by atoms with E-state index < -0.39 is 5.75 Å². The molecule has 0 amide bonds. The van der Waals surface area contributed by atoms with E-state index in [4.69, 9.17) is 13.0 Å². The van der Waals surface area contributed by atoms with Crippen LogP contribution in [-0.2, 0) is 0 Å². The maximum atomic E-state index is 8.83. The molecule has 0 saturated carbocycles. The third-order valence-electron chi connectivity index (χ3n) is 0.758. The Labute approximate surface area is 49.8 Å². The summed E-state index contributed by atoms with van der Waals surface area (Å²) in [5.41, 5.74) is 0. The molecule has 8 heavy (non-hydrogen) atoms. The molecule has 42 valence electrons. The number of aromatic hydroxyl groups is 2. The summed E-state index contributed by atoms with van der Waals surface area (Å²) < 4.78 is 14.0. The van der Waals surface area contributed by atoms with Crippen molar-refractivity contribution >= 4 is 0 Å². The van der Waals surface area contributed by atoms with Gasteiger partial charge in [-0.1, -0.05) is 12.1 Å². The summed E-state index contributed by atoms with van der Waals surface area (Å²) in [6.45, 7) is 0. The topological polar surface area (TPSA) is 40.5 Å². The molecular formula is C6H6O2. The molecule has 0 saturated heterocycles. The van der Waals surface area contributed by atoms with Gasteiger partial charge >= 0.3 is 0 Å². The van der Waals surface area contributed by atoms with E-state index in [-0.39, 0.29) is 17.8 Å². The van der Waals surface area contributed by atoms with E-state index in [1.165, 1.54) is 12.1 Å². The molecular weight excluding hydrogens is 104 g/mol. The van der Waals surface area contributed by atoms with E-state index in [9.17, 15) is 0 Å². The van der Waals surface area contributed by atoms with Gasteiger partial charge in [0.1, 0.15) is 0 Å². The highest BCUT2D eigenvalue weighted by molar-refractivity contribution is 5.36. The highest BCUT2D eigenvalue weighted by Gasteiger charge is 1.90. The van der Waals surface area contributed by atoms with Crippen molar-refractivity contribution in [3.05, 3.63) is 24.2 Å². The smallest absolute Gasteiger partial charge is 0.157 e. The number of phenols is 2. The summed E-state index contributed by atoms with van der Waals surface area (Å²) in [5, 5.41) is 17.6. The first-order chi connectivity index (χ1) is 4.63. The number of para-hydroxylation sites is 2. The fraction of sp³-hybridized carbons (Fsp3) is 0. The monoisotopic (exact) mass is 112 g/mol. The van der Waals surface area contributed by atoms with Gasteiger partial charge in [0, 0.05) is 0 Å². The van der Waals surface area contributed by atoms with Crippen molar-refractivity contribution in [3.8, 4) is 11.5 Å². The SMILES string of the molecule is [2H]c1ccc(O)c(O)c1[2H]. The molecule has 2 heteroatoms. The second kappa shape index (κ2) is 1.74. The highest BCUT2D eigenvalue weighted by atomic mass is 16.3. The van der Waals surface area contributed by atoms with Gasteiger partial charge in [0.05, 0.1) is 2.74 Å².